The van der Waals surface area contributed by atoms with Gasteiger partial charge in [0.15, 0.2) is 17.5 Å². The summed E-state index contributed by atoms with van der Waals surface area (Å²) in [5.41, 5.74) is 0.655. The quantitative estimate of drug-likeness (QED) is 0.352. The number of oxazole rings is 1. The van der Waals surface area contributed by atoms with Gasteiger partial charge in [-0.1, -0.05) is 20.8 Å². The van der Waals surface area contributed by atoms with Crippen LogP contribution in [0.5, 0.6) is 17.2 Å². The third-order valence-corrected chi connectivity index (χ3v) is 3.85. The van der Waals surface area contributed by atoms with Crippen LogP contribution in [0.2, 0.25) is 0 Å². The van der Waals surface area contributed by atoms with E-state index in [0.29, 0.717) is 35.6 Å². The summed E-state index contributed by atoms with van der Waals surface area (Å²) in [6.45, 7) is 6.64. The second kappa shape index (κ2) is 10.4. The maximum atomic E-state index is 5.78. The summed E-state index contributed by atoms with van der Waals surface area (Å²) in [7, 11) is 6.40. The van der Waals surface area contributed by atoms with Gasteiger partial charge in [0.1, 0.15) is 5.76 Å². The first-order chi connectivity index (χ1) is 12.8. The lowest BCUT2D eigenvalue weighted by Crippen LogP contribution is -2.30. The summed E-state index contributed by atoms with van der Waals surface area (Å²) < 4.78 is 21.9. The van der Waals surface area contributed by atoms with Crippen molar-refractivity contribution in [2.75, 3.05) is 33.7 Å². The number of hydrogen-bond acceptors (Lipinski definition) is 6. The normalized spacial score (nSPS) is 11.5. The van der Waals surface area contributed by atoms with Crippen molar-refractivity contribution in [1.29, 1.82) is 0 Å². The smallest absolute Gasteiger partial charge is 0.213 e. The Morgan fingerprint density at radius 1 is 1.11 bits per heavy atom. The molecular formula is C19H29IN4O4. The minimum Gasteiger partial charge on any atom is -0.493 e. The number of nitrogens with one attached hydrogen (secondary N) is 2. The second-order valence-electron chi connectivity index (χ2n) is 6.83. The highest BCUT2D eigenvalue weighted by molar-refractivity contribution is 14.0. The third-order valence-electron chi connectivity index (χ3n) is 3.85. The molecule has 2 aromatic rings. The topological polar surface area (TPSA) is 90.1 Å². The zero-order valence-corrected chi connectivity index (χ0v) is 19.7. The summed E-state index contributed by atoms with van der Waals surface area (Å²) >= 11 is 0. The molecule has 0 aliphatic rings. The van der Waals surface area contributed by atoms with E-state index in [2.05, 4.69) is 41.4 Å². The summed E-state index contributed by atoms with van der Waals surface area (Å²) in [5, 5.41) is 6.36. The van der Waals surface area contributed by atoms with E-state index in [1.165, 1.54) is 0 Å². The number of rotatable bonds is 6. The van der Waals surface area contributed by atoms with Crippen molar-refractivity contribution in [3.63, 3.8) is 0 Å². The number of anilines is 1. The molecule has 1 heterocycles. The van der Waals surface area contributed by atoms with Crippen LogP contribution < -0.4 is 24.8 Å². The van der Waals surface area contributed by atoms with Gasteiger partial charge in [0.05, 0.1) is 34.1 Å². The molecule has 9 heteroatoms. The highest BCUT2D eigenvalue weighted by atomic mass is 127. The molecule has 1 aromatic heterocycles. The van der Waals surface area contributed by atoms with Crippen molar-refractivity contribution < 1.29 is 18.6 Å². The molecular weight excluding hydrogens is 475 g/mol. The van der Waals surface area contributed by atoms with Crippen molar-refractivity contribution in [2.45, 2.75) is 32.7 Å². The number of methoxy groups -OCH3 is 3. The van der Waals surface area contributed by atoms with Gasteiger partial charge in [-0.3, -0.25) is 4.99 Å². The highest BCUT2D eigenvalue weighted by Gasteiger charge is 2.19. The average Bonchev–Trinajstić information content (AvgIpc) is 3.13. The van der Waals surface area contributed by atoms with Gasteiger partial charge in [-0.2, -0.15) is 0 Å². The molecule has 28 heavy (non-hydrogen) atoms. The maximum Gasteiger partial charge on any atom is 0.213 e. The van der Waals surface area contributed by atoms with Gasteiger partial charge in [0.25, 0.3) is 0 Å². The predicted octanol–water partition coefficient (Wildman–Crippen LogP) is 3.80. The fourth-order valence-corrected chi connectivity index (χ4v) is 2.37. The minimum atomic E-state index is -0.0820. The number of hydrogen-bond donors (Lipinski definition) is 2. The van der Waals surface area contributed by atoms with Gasteiger partial charge in [0.2, 0.25) is 11.6 Å². The number of halogens is 1. The van der Waals surface area contributed by atoms with E-state index in [1.807, 2.05) is 0 Å². The molecule has 0 amide bonds. The fourth-order valence-electron chi connectivity index (χ4n) is 2.37. The first-order valence-electron chi connectivity index (χ1n) is 8.55. The van der Waals surface area contributed by atoms with E-state index in [9.17, 15) is 0 Å². The van der Waals surface area contributed by atoms with E-state index < -0.39 is 0 Å². The van der Waals surface area contributed by atoms with E-state index >= 15 is 0 Å². The summed E-state index contributed by atoms with van der Waals surface area (Å²) in [5.74, 6) is 3.62. The Hall–Kier alpha value is -2.17. The van der Waals surface area contributed by atoms with Gasteiger partial charge in [-0.15, -0.1) is 24.0 Å². The number of guanidine groups is 1. The molecule has 0 unspecified atom stereocenters. The van der Waals surface area contributed by atoms with Crippen LogP contribution >= 0.6 is 24.0 Å². The van der Waals surface area contributed by atoms with Crippen LogP contribution in [-0.2, 0) is 12.0 Å². The van der Waals surface area contributed by atoms with Crippen LogP contribution in [0.25, 0.3) is 0 Å². The van der Waals surface area contributed by atoms with E-state index in [4.69, 9.17) is 18.6 Å². The molecule has 0 bridgehead atoms. The summed E-state index contributed by atoms with van der Waals surface area (Å²) in [6, 6.07) is 3.61. The number of nitrogens with zero attached hydrogens (tertiary/aromatic N) is 2. The third kappa shape index (κ3) is 5.91. The number of aromatic nitrogens is 1. The van der Waals surface area contributed by atoms with Gasteiger partial charge < -0.3 is 29.3 Å². The molecule has 1 aromatic carbocycles. The lowest BCUT2D eigenvalue weighted by Gasteiger charge is -2.16. The first kappa shape index (κ1) is 23.9. The van der Waals surface area contributed by atoms with Crippen LogP contribution in [0.15, 0.2) is 27.7 Å². The molecule has 2 N–H and O–H groups in total. The van der Waals surface area contributed by atoms with E-state index in [0.717, 1.165) is 11.4 Å². The Morgan fingerprint density at radius 2 is 1.71 bits per heavy atom. The van der Waals surface area contributed by atoms with E-state index in [1.54, 1.807) is 46.7 Å². The van der Waals surface area contributed by atoms with Crippen LogP contribution in [-0.4, -0.2) is 39.3 Å². The Balaban J connectivity index is 0.00000392. The lowest BCUT2D eigenvalue weighted by molar-refractivity contribution is 0.324. The average molecular weight is 504 g/mol. The largest absolute Gasteiger partial charge is 0.493 e. The maximum absolute atomic E-state index is 5.78. The number of ether oxygens (including phenoxy) is 3. The van der Waals surface area contributed by atoms with Crippen LogP contribution in [0, 0.1) is 0 Å². The van der Waals surface area contributed by atoms with Crippen molar-refractivity contribution >= 4 is 35.6 Å². The van der Waals surface area contributed by atoms with Gasteiger partial charge in [-0.05, 0) is 0 Å². The van der Waals surface area contributed by atoms with Crippen LogP contribution in [0.3, 0.4) is 0 Å². The van der Waals surface area contributed by atoms with Crippen molar-refractivity contribution in [3.05, 3.63) is 30.0 Å². The second-order valence-corrected chi connectivity index (χ2v) is 6.83. The molecule has 0 aliphatic carbocycles. The Labute approximate surface area is 183 Å². The van der Waals surface area contributed by atoms with Gasteiger partial charge >= 0.3 is 0 Å². The standard InChI is InChI=1S/C19H28N4O4.HI/c1-19(2,3)15-10-21-16(27-15)11-22-18(20-4)23-12-8-13(24-5)17(26-7)14(9-12)25-6;/h8-10H,11H2,1-7H3,(H2,20,22,23);1H. The van der Waals surface area contributed by atoms with Crippen LogP contribution in [0.4, 0.5) is 5.69 Å². The molecule has 0 saturated heterocycles. The molecule has 0 fully saturated rings. The Morgan fingerprint density at radius 3 is 2.14 bits per heavy atom. The zero-order valence-electron chi connectivity index (χ0n) is 17.4. The van der Waals surface area contributed by atoms with Crippen molar-refractivity contribution in [1.82, 2.24) is 10.3 Å². The number of benzene rings is 1. The molecule has 2 rings (SSSR count). The Bertz CT molecular complexity index is 774. The van der Waals surface area contributed by atoms with Gasteiger partial charge in [-0.25, -0.2) is 4.98 Å². The molecule has 156 valence electrons. The molecule has 0 aliphatic heterocycles. The van der Waals surface area contributed by atoms with Crippen molar-refractivity contribution in [2.24, 2.45) is 4.99 Å². The molecule has 0 radical (unpaired) electrons. The Kier molecular flexibility index (Phi) is 8.86. The first-order valence-corrected chi connectivity index (χ1v) is 8.55. The predicted molar refractivity (Wildman–Crippen MR) is 121 cm³/mol. The van der Waals surface area contributed by atoms with Gasteiger partial charge in [0, 0.05) is 30.3 Å². The van der Waals surface area contributed by atoms with E-state index in [-0.39, 0.29) is 29.4 Å². The summed E-state index contributed by atoms with van der Waals surface area (Å²) in [6.07, 6.45) is 1.76. The molecule has 8 nitrogen and oxygen atoms in total. The fraction of sp³-hybridized carbons (Fsp3) is 0.474. The lowest BCUT2D eigenvalue weighted by atomic mass is 9.94. The molecule has 0 atom stereocenters. The van der Waals surface area contributed by atoms with Crippen LogP contribution in [0.1, 0.15) is 32.4 Å². The monoisotopic (exact) mass is 504 g/mol. The highest BCUT2D eigenvalue weighted by Crippen LogP contribution is 2.39. The molecule has 0 saturated carbocycles. The SMILES string of the molecule is CN=C(NCc1ncc(C(C)(C)C)o1)Nc1cc(OC)c(OC)c(OC)c1.I. The number of aliphatic imine (C=N–C) groups is 1. The molecule has 0 spiro atoms. The van der Waals surface area contributed by atoms with Crippen molar-refractivity contribution in [3.8, 4) is 17.2 Å². The zero-order chi connectivity index (χ0) is 20.0. The summed E-state index contributed by atoms with van der Waals surface area (Å²) in [4.78, 5) is 8.52. The minimum absolute atomic E-state index is 0.